The fourth-order valence-electron chi connectivity index (χ4n) is 3.36. The molecular weight excluding hydrogens is 418 g/mol. The molecule has 0 spiro atoms. The summed E-state index contributed by atoms with van der Waals surface area (Å²) in [5.41, 5.74) is 9.63. The van der Waals surface area contributed by atoms with Crippen molar-refractivity contribution in [3.8, 4) is 0 Å². The van der Waals surface area contributed by atoms with Crippen LogP contribution in [0.1, 0.15) is 22.9 Å². The Morgan fingerprint density at radius 3 is 2.73 bits per heavy atom. The number of fused-ring (bicyclic) bond motifs is 2. The number of benzene rings is 2. The zero-order valence-corrected chi connectivity index (χ0v) is 18.8. The first-order chi connectivity index (χ1) is 15.8. The van der Waals surface area contributed by atoms with Crippen LogP contribution >= 0.6 is 0 Å². The Morgan fingerprint density at radius 2 is 1.94 bits per heavy atom. The van der Waals surface area contributed by atoms with E-state index in [1.165, 1.54) is 17.1 Å². The van der Waals surface area contributed by atoms with Gasteiger partial charge in [0, 0.05) is 43.5 Å². The number of carbonyl (C=O) groups is 1. The van der Waals surface area contributed by atoms with E-state index in [2.05, 4.69) is 4.99 Å². The van der Waals surface area contributed by atoms with Gasteiger partial charge in [0.2, 0.25) is 11.8 Å². The number of likely N-dealkylation sites (N-methyl/N-ethyl adjacent to an activating group) is 1. The first-order valence-electron chi connectivity index (χ1n) is 10.6. The molecule has 0 saturated carbocycles. The summed E-state index contributed by atoms with van der Waals surface area (Å²) in [4.78, 5) is 20.0. The second-order valence-electron chi connectivity index (χ2n) is 7.68. The quantitative estimate of drug-likeness (QED) is 0.582. The molecule has 1 heterocycles. The second-order valence-corrected chi connectivity index (χ2v) is 7.68. The molecule has 0 radical (unpaired) electrons. The van der Waals surface area contributed by atoms with Crippen molar-refractivity contribution in [2.45, 2.75) is 19.7 Å². The van der Waals surface area contributed by atoms with E-state index in [9.17, 15) is 9.90 Å². The monoisotopic (exact) mass is 447 g/mol. The van der Waals surface area contributed by atoms with Crippen molar-refractivity contribution < 1.29 is 14.6 Å². The smallest absolute Gasteiger partial charge is 0.246 e. The van der Waals surface area contributed by atoms with Crippen molar-refractivity contribution in [3.05, 3.63) is 89.5 Å². The van der Waals surface area contributed by atoms with E-state index in [0.29, 0.717) is 18.7 Å². The number of aryl methyl sites for hydroxylation is 1. The van der Waals surface area contributed by atoms with Crippen LogP contribution < -0.4 is 10.6 Å². The first-order valence-corrected chi connectivity index (χ1v) is 10.6. The summed E-state index contributed by atoms with van der Waals surface area (Å²) in [5, 5.41) is 18.6. The van der Waals surface area contributed by atoms with Crippen LogP contribution in [-0.4, -0.2) is 48.0 Å². The van der Waals surface area contributed by atoms with Crippen LogP contribution in [-0.2, 0) is 16.1 Å². The molecule has 2 aromatic carbocycles. The maximum Gasteiger partial charge on any atom is 0.246 e. The third-order valence-corrected chi connectivity index (χ3v) is 5.15. The minimum absolute atomic E-state index is 0.107. The number of aliphatic imine (C=N–C) groups is 1. The number of anilines is 1. The average Bonchev–Trinajstić information content (AvgIpc) is 2.80. The summed E-state index contributed by atoms with van der Waals surface area (Å²) < 4.78 is 5.33. The lowest BCUT2D eigenvalue weighted by atomic mass is 10.1. The van der Waals surface area contributed by atoms with Crippen LogP contribution in [0.2, 0.25) is 0 Å². The molecular formula is C25H29N5O3. The number of hydrogen-bond donors (Lipinski definition) is 3. The Hall–Kier alpha value is -3.91. The summed E-state index contributed by atoms with van der Waals surface area (Å²) in [5.74, 6) is -0.205. The highest BCUT2D eigenvalue weighted by Gasteiger charge is 2.15. The van der Waals surface area contributed by atoms with Crippen molar-refractivity contribution in [1.29, 1.82) is 5.41 Å². The number of nitrogens with zero attached hydrogens (tertiary/aromatic N) is 3. The van der Waals surface area contributed by atoms with Crippen LogP contribution in [0, 0.1) is 12.3 Å². The Labute approximate surface area is 193 Å². The Morgan fingerprint density at radius 1 is 1.15 bits per heavy atom. The van der Waals surface area contributed by atoms with Crippen LogP contribution in [0.4, 0.5) is 5.69 Å². The van der Waals surface area contributed by atoms with Crippen molar-refractivity contribution in [2.24, 2.45) is 10.7 Å². The molecule has 0 aromatic heterocycles. The fourth-order valence-corrected chi connectivity index (χ4v) is 3.36. The molecule has 2 aromatic rings. The fraction of sp³-hybridized carbons (Fsp3) is 0.240. The highest BCUT2D eigenvalue weighted by atomic mass is 16.5. The maximum atomic E-state index is 12.3. The summed E-state index contributed by atoms with van der Waals surface area (Å²) in [6.07, 6.45) is 5.08. The van der Waals surface area contributed by atoms with Crippen LogP contribution in [0.5, 0.6) is 0 Å². The third kappa shape index (κ3) is 6.54. The highest BCUT2D eigenvalue weighted by molar-refractivity contribution is 5.96. The van der Waals surface area contributed by atoms with Gasteiger partial charge in [-0.2, -0.15) is 0 Å². The number of guanidine groups is 1. The van der Waals surface area contributed by atoms with Crippen LogP contribution in [0.3, 0.4) is 0 Å². The van der Waals surface area contributed by atoms with Gasteiger partial charge in [-0.3, -0.25) is 10.2 Å². The number of aliphatic hydroxyl groups excluding tert-OH is 1. The number of rotatable bonds is 1. The van der Waals surface area contributed by atoms with Gasteiger partial charge in [0.05, 0.1) is 0 Å². The van der Waals surface area contributed by atoms with E-state index >= 15 is 0 Å². The first kappa shape index (κ1) is 23.7. The molecule has 0 aliphatic carbocycles. The molecule has 3 rings (SSSR count). The van der Waals surface area contributed by atoms with Gasteiger partial charge in [-0.25, -0.2) is 4.99 Å². The highest BCUT2D eigenvalue weighted by Crippen LogP contribution is 2.22. The number of carbonyl (C=O) groups excluding carboxylic acids is 1. The van der Waals surface area contributed by atoms with Crippen molar-refractivity contribution in [1.82, 2.24) is 4.90 Å². The molecule has 1 atom stereocenters. The van der Waals surface area contributed by atoms with Crippen LogP contribution in [0.15, 0.2) is 77.8 Å². The van der Waals surface area contributed by atoms with E-state index < -0.39 is 6.23 Å². The van der Waals surface area contributed by atoms with Gasteiger partial charge in [-0.1, -0.05) is 42.5 Å². The molecule has 0 fully saturated rings. The second kappa shape index (κ2) is 11.1. The van der Waals surface area contributed by atoms with Gasteiger partial charge < -0.3 is 25.4 Å². The topological polar surface area (TPSA) is 115 Å². The minimum Gasteiger partial charge on any atom is -0.474 e. The number of para-hydroxylation sites is 1. The molecule has 172 valence electrons. The van der Waals surface area contributed by atoms with E-state index in [1.807, 2.05) is 43.3 Å². The Bertz CT molecular complexity index is 1090. The Kier molecular flexibility index (Phi) is 7.99. The lowest BCUT2D eigenvalue weighted by molar-refractivity contribution is -0.125. The molecule has 1 aliphatic rings. The van der Waals surface area contributed by atoms with Crippen molar-refractivity contribution in [3.63, 3.8) is 0 Å². The largest absolute Gasteiger partial charge is 0.474 e. The molecule has 8 heteroatoms. The van der Waals surface area contributed by atoms with Gasteiger partial charge in [-0.05, 0) is 36.3 Å². The molecule has 1 unspecified atom stereocenters. The summed E-state index contributed by atoms with van der Waals surface area (Å²) in [7, 11) is 1.66. The lowest BCUT2D eigenvalue weighted by Gasteiger charge is -2.25. The van der Waals surface area contributed by atoms with Gasteiger partial charge in [0.15, 0.2) is 12.2 Å². The standard InChI is InChI=1S/C25H29N5O3/c1-18-8-3-4-11-21(18)30-14-5-6-15-33-22(26)12-13-23(31)29(2)17-19-9-7-10-20(16-19)24(32)28-25(30)27/h3-13,16,24,26,32H,14-15,17H2,1-2H3,(H2,27,28). The van der Waals surface area contributed by atoms with Gasteiger partial charge in [0.25, 0.3) is 0 Å². The lowest BCUT2D eigenvalue weighted by Crippen LogP contribution is -2.38. The molecule has 1 aliphatic heterocycles. The zero-order valence-electron chi connectivity index (χ0n) is 18.8. The molecule has 33 heavy (non-hydrogen) atoms. The predicted molar refractivity (Wildman–Crippen MR) is 130 cm³/mol. The van der Waals surface area contributed by atoms with Gasteiger partial charge in [0.1, 0.15) is 6.61 Å². The van der Waals surface area contributed by atoms with Crippen LogP contribution in [0.25, 0.3) is 0 Å². The average molecular weight is 448 g/mol. The van der Waals surface area contributed by atoms with E-state index in [1.54, 1.807) is 36.2 Å². The maximum absolute atomic E-state index is 12.3. The molecule has 1 amide bonds. The van der Waals surface area contributed by atoms with Gasteiger partial charge in [-0.15, -0.1) is 0 Å². The molecule has 0 saturated heterocycles. The van der Waals surface area contributed by atoms with E-state index in [-0.39, 0.29) is 24.4 Å². The number of hydrogen-bond acceptors (Lipinski definition) is 7. The normalized spacial score (nSPS) is 18.4. The zero-order chi connectivity index (χ0) is 23.8. The van der Waals surface area contributed by atoms with Crippen molar-refractivity contribution in [2.75, 3.05) is 25.1 Å². The number of aliphatic hydroxyl groups is 1. The summed E-state index contributed by atoms with van der Waals surface area (Å²) in [6.45, 7) is 2.86. The molecule has 4 N–H and O–H groups in total. The summed E-state index contributed by atoms with van der Waals surface area (Å²) in [6, 6.07) is 15.0. The molecule has 2 bridgehead atoms. The SMILES string of the molecule is Cc1ccccc1N1CC=CCOC(=N)C=CC(=O)N(C)Cc2cccc(c2)C(O)N=C1N. The third-order valence-electron chi connectivity index (χ3n) is 5.15. The minimum atomic E-state index is -1.16. The van der Waals surface area contributed by atoms with Gasteiger partial charge >= 0.3 is 0 Å². The number of nitrogens with one attached hydrogen (secondary N) is 1. The predicted octanol–water partition coefficient (Wildman–Crippen LogP) is 2.89. The number of ether oxygens (including phenoxy) is 1. The summed E-state index contributed by atoms with van der Waals surface area (Å²) >= 11 is 0. The van der Waals surface area contributed by atoms with E-state index in [0.717, 1.165) is 16.8 Å². The Balaban J connectivity index is 1.97. The van der Waals surface area contributed by atoms with Crippen molar-refractivity contribution >= 4 is 23.5 Å². The molecule has 8 nitrogen and oxygen atoms in total. The van der Waals surface area contributed by atoms with E-state index in [4.69, 9.17) is 15.9 Å². The number of amides is 1. The number of nitrogens with two attached hydrogens (primary N) is 1.